The molecule has 7 nitrogen and oxygen atoms in total. The highest BCUT2D eigenvalue weighted by molar-refractivity contribution is 5.96. The molecule has 1 saturated heterocycles. The number of carboxylic acid groups (broad SMARTS) is 1. The average Bonchev–Trinajstić information content (AvgIpc) is 3.04. The molecular formula is C21H27F3N2O5. The Morgan fingerprint density at radius 1 is 1.26 bits per heavy atom. The highest BCUT2D eigenvalue weighted by Gasteiger charge is 2.38. The van der Waals surface area contributed by atoms with E-state index in [1.165, 1.54) is 0 Å². The van der Waals surface area contributed by atoms with Crippen LogP contribution in [0.5, 0.6) is 0 Å². The van der Waals surface area contributed by atoms with Gasteiger partial charge in [0.05, 0.1) is 13.2 Å². The summed E-state index contributed by atoms with van der Waals surface area (Å²) in [6.45, 7) is 5.00. The molecular weight excluding hydrogens is 417 g/mol. The van der Waals surface area contributed by atoms with E-state index in [0.717, 1.165) is 23.9 Å². The molecule has 0 unspecified atom stereocenters. The SMILES string of the molecule is C[C@H]1[C@H](CCN(C)C)COCCN1C(=O)c1cc2ccccc2o1.O=C(O)C(F)(F)F. The molecule has 1 amide bonds. The van der Waals surface area contributed by atoms with Gasteiger partial charge in [-0.2, -0.15) is 13.2 Å². The summed E-state index contributed by atoms with van der Waals surface area (Å²) in [5, 5.41) is 8.09. The Bertz CT molecular complexity index is 848. The van der Waals surface area contributed by atoms with Gasteiger partial charge in [-0.15, -0.1) is 0 Å². The zero-order chi connectivity index (χ0) is 23.2. The van der Waals surface area contributed by atoms with E-state index < -0.39 is 12.1 Å². The topological polar surface area (TPSA) is 83.2 Å². The lowest BCUT2D eigenvalue weighted by molar-refractivity contribution is -0.192. The van der Waals surface area contributed by atoms with Crippen LogP contribution in [-0.4, -0.2) is 79.4 Å². The number of amides is 1. The molecule has 2 aromatic rings. The average molecular weight is 444 g/mol. The summed E-state index contributed by atoms with van der Waals surface area (Å²) in [7, 11) is 4.14. The van der Waals surface area contributed by atoms with Crippen molar-refractivity contribution in [2.24, 2.45) is 5.92 Å². The molecule has 0 aliphatic carbocycles. The van der Waals surface area contributed by atoms with E-state index in [9.17, 15) is 18.0 Å². The van der Waals surface area contributed by atoms with E-state index in [4.69, 9.17) is 19.1 Å². The van der Waals surface area contributed by atoms with Crippen LogP contribution in [0.15, 0.2) is 34.7 Å². The summed E-state index contributed by atoms with van der Waals surface area (Å²) >= 11 is 0. The third-order valence-corrected chi connectivity index (χ3v) is 5.07. The molecule has 0 saturated carbocycles. The summed E-state index contributed by atoms with van der Waals surface area (Å²) in [4.78, 5) is 26.0. The summed E-state index contributed by atoms with van der Waals surface area (Å²) < 4.78 is 43.2. The summed E-state index contributed by atoms with van der Waals surface area (Å²) in [6, 6.07) is 9.69. The standard InChI is InChI=1S/C19H26N2O3.C2HF3O2/c1-14-16(8-9-20(2)3)13-23-11-10-21(14)19(22)18-12-15-6-4-5-7-17(15)24-18;3-2(4,5)1(6)7/h4-7,12,14,16H,8-11,13H2,1-3H3;(H,6,7)/t14-,16+;/m0./s1. The number of carbonyl (C=O) groups excluding carboxylic acids is 1. The number of ether oxygens (including phenoxy) is 1. The van der Waals surface area contributed by atoms with Crippen LogP contribution in [0, 0.1) is 5.92 Å². The van der Waals surface area contributed by atoms with Gasteiger partial charge in [0.25, 0.3) is 5.91 Å². The van der Waals surface area contributed by atoms with E-state index in [-0.39, 0.29) is 11.9 Å². The summed E-state index contributed by atoms with van der Waals surface area (Å²) in [5.74, 6) is -2.05. The maximum atomic E-state index is 13.0. The van der Waals surface area contributed by atoms with Crippen molar-refractivity contribution in [1.29, 1.82) is 0 Å². The van der Waals surface area contributed by atoms with E-state index in [0.29, 0.717) is 31.4 Å². The van der Waals surface area contributed by atoms with Crippen molar-refractivity contribution in [2.45, 2.75) is 25.6 Å². The van der Waals surface area contributed by atoms with Crippen LogP contribution < -0.4 is 0 Å². The number of para-hydroxylation sites is 1. The molecule has 172 valence electrons. The fourth-order valence-electron chi connectivity index (χ4n) is 3.26. The fraction of sp³-hybridized carbons (Fsp3) is 0.524. The molecule has 0 spiro atoms. The Balaban J connectivity index is 0.000000423. The van der Waals surface area contributed by atoms with Gasteiger partial charge in [0.1, 0.15) is 5.58 Å². The minimum absolute atomic E-state index is 0.0425. The Labute approximate surface area is 178 Å². The zero-order valence-corrected chi connectivity index (χ0v) is 17.7. The number of rotatable bonds is 4. The number of carboxylic acids is 1. The van der Waals surface area contributed by atoms with E-state index in [1.807, 2.05) is 35.2 Å². The minimum atomic E-state index is -5.08. The first-order valence-electron chi connectivity index (χ1n) is 9.82. The number of carbonyl (C=O) groups is 2. The summed E-state index contributed by atoms with van der Waals surface area (Å²) in [6.07, 6.45) is -4.07. The van der Waals surface area contributed by atoms with Crippen LogP contribution in [0.25, 0.3) is 11.0 Å². The minimum Gasteiger partial charge on any atom is -0.475 e. The van der Waals surface area contributed by atoms with Gasteiger partial charge in [0, 0.05) is 23.9 Å². The quantitative estimate of drug-likeness (QED) is 0.777. The molecule has 31 heavy (non-hydrogen) atoms. The molecule has 10 heteroatoms. The predicted molar refractivity (Wildman–Crippen MR) is 108 cm³/mol. The molecule has 1 aliphatic heterocycles. The van der Waals surface area contributed by atoms with E-state index >= 15 is 0 Å². The smallest absolute Gasteiger partial charge is 0.475 e. The predicted octanol–water partition coefficient (Wildman–Crippen LogP) is 3.49. The molecule has 2 atom stereocenters. The number of aliphatic carboxylic acids is 1. The first kappa shape index (κ1) is 24.7. The van der Waals surface area contributed by atoms with Crippen molar-refractivity contribution in [3.05, 3.63) is 36.1 Å². The van der Waals surface area contributed by atoms with Crippen LogP contribution in [0.2, 0.25) is 0 Å². The molecule has 1 aromatic carbocycles. The second-order valence-electron chi connectivity index (χ2n) is 7.62. The van der Waals surface area contributed by atoms with Gasteiger partial charge >= 0.3 is 12.1 Å². The highest BCUT2D eigenvalue weighted by atomic mass is 19.4. The number of nitrogens with zero attached hydrogens (tertiary/aromatic N) is 2. The monoisotopic (exact) mass is 444 g/mol. The Morgan fingerprint density at radius 3 is 2.48 bits per heavy atom. The number of hydrogen-bond donors (Lipinski definition) is 1. The van der Waals surface area contributed by atoms with Crippen LogP contribution in [-0.2, 0) is 9.53 Å². The Hall–Kier alpha value is -2.59. The van der Waals surface area contributed by atoms with Crippen molar-refractivity contribution >= 4 is 22.8 Å². The van der Waals surface area contributed by atoms with E-state index in [2.05, 4.69) is 25.9 Å². The zero-order valence-electron chi connectivity index (χ0n) is 17.7. The number of alkyl halides is 3. The number of halogens is 3. The van der Waals surface area contributed by atoms with Crippen molar-refractivity contribution in [3.8, 4) is 0 Å². The molecule has 3 rings (SSSR count). The maximum Gasteiger partial charge on any atom is 0.490 e. The fourth-order valence-corrected chi connectivity index (χ4v) is 3.26. The van der Waals surface area contributed by atoms with Crippen LogP contribution in [0.4, 0.5) is 13.2 Å². The largest absolute Gasteiger partial charge is 0.490 e. The van der Waals surface area contributed by atoms with Gasteiger partial charge in [-0.1, -0.05) is 18.2 Å². The van der Waals surface area contributed by atoms with Gasteiger partial charge in [0.15, 0.2) is 5.76 Å². The number of hydrogen-bond acceptors (Lipinski definition) is 5. The Morgan fingerprint density at radius 2 is 1.90 bits per heavy atom. The van der Waals surface area contributed by atoms with Crippen molar-refractivity contribution in [1.82, 2.24) is 9.80 Å². The molecule has 0 bridgehead atoms. The lowest BCUT2D eigenvalue weighted by atomic mass is 9.96. The molecule has 1 aliphatic rings. The second-order valence-corrected chi connectivity index (χ2v) is 7.62. The molecule has 0 radical (unpaired) electrons. The number of fused-ring (bicyclic) bond motifs is 1. The Kier molecular flexibility index (Phi) is 8.46. The van der Waals surface area contributed by atoms with Gasteiger partial charge in [-0.25, -0.2) is 4.79 Å². The molecule has 2 heterocycles. The van der Waals surface area contributed by atoms with Gasteiger partial charge in [-0.3, -0.25) is 4.79 Å². The third-order valence-electron chi connectivity index (χ3n) is 5.07. The highest BCUT2D eigenvalue weighted by Crippen LogP contribution is 2.24. The number of benzene rings is 1. The van der Waals surface area contributed by atoms with Crippen LogP contribution >= 0.6 is 0 Å². The first-order valence-corrected chi connectivity index (χ1v) is 9.82. The first-order chi connectivity index (χ1) is 14.5. The van der Waals surface area contributed by atoms with Crippen molar-refractivity contribution < 1.29 is 37.0 Å². The lowest BCUT2D eigenvalue weighted by Gasteiger charge is -2.31. The third kappa shape index (κ3) is 6.96. The molecule has 1 aromatic heterocycles. The van der Waals surface area contributed by atoms with Gasteiger partial charge < -0.3 is 24.1 Å². The second kappa shape index (κ2) is 10.6. The lowest BCUT2D eigenvalue weighted by Crippen LogP contribution is -2.43. The van der Waals surface area contributed by atoms with Crippen LogP contribution in [0.1, 0.15) is 23.9 Å². The van der Waals surface area contributed by atoms with Gasteiger partial charge in [-0.05, 0) is 46.1 Å². The van der Waals surface area contributed by atoms with Crippen LogP contribution in [0.3, 0.4) is 0 Å². The maximum absolute atomic E-state index is 13.0. The molecule has 1 N–H and O–H groups in total. The van der Waals surface area contributed by atoms with Gasteiger partial charge in [0.2, 0.25) is 0 Å². The van der Waals surface area contributed by atoms with E-state index in [1.54, 1.807) is 0 Å². The van der Waals surface area contributed by atoms with Crippen molar-refractivity contribution in [2.75, 3.05) is 40.4 Å². The van der Waals surface area contributed by atoms with Crippen molar-refractivity contribution in [3.63, 3.8) is 0 Å². The normalized spacial score (nSPS) is 19.6. The number of furan rings is 1. The molecule has 1 fully saturated rings. The summed E-state index contributed by atoms with van der Waals surface area (Å²) in [5.41, 5.74) is 0.753.